The summed E-state index contributed by atoms with van der Waals surface area (Å²) in [6.07, 6.45) is -0.622. The minimum atomic E-state index is -0.622. The number of hydrogen-bond donors (Lipinski definition) is 1. The van der Waals surface area contributed by atoms with Crippen LogP contribution in [0.5, 0.6) is 5.75 Å². The molecule has 0 fully saturated rings. The molecule has 1 atom stereocenters. The maximum atomic E-state index is 10.2. The highest BCUT2D eigenvalue weighted by atomic mass is 79.9. The summed E-state index contributed by atoms with van der Waals surface area (Å²) < 4.78 is 6.19. The number of methoxy groups -OCH3 is 1. The SMILES string of the molecule is COc1ccsc1C(O)c1ccc(Br)cc1. The van der Waals surface area contributed by atoms with Crippen molar-refractivity contribution in [1.82, 2.24) is 0 Å². The lowest BCUT2D eigenvalue weighted by Crippen LogP contribution is -1.98. The first-order chi connectivity index (χ1) is 7.72. The van der Waals surface area contributed by atoms with Crippen molar-refractivity contribution in [3.05, 3.63) is 50.6 Å². The third-order valence-electron chi connectivity index (χ3n) is 2.31. The summed E-state index contributed by atoms with van der Waals surface area (Å²) in [5, 5.41) is 12.1. The molecule has 0 aliphatic carbocycles. The summed E-state index contributed by atoms with van der Waals surface area (Å²) in [6.45, 7) is 0. The molecule has 0 radical (unpaired) electrons. The molecule has 0 saturated carbocycles. The molecule has 0 aliphatic heterocycles. The molecule has 0 bridgehead atoms. The molecule has 4 heteroatoms. The highest BCUT2D eigenvalue weighted by Gasteiger charge is 2.16. The van der Waals surface area contributed by atoms with Gasteiger partial charge in [-0.05, 0) is 29.1 Å². The van der Waals surface area contributed by atoms with Crippen LogP contribution in [0.25, 0.3) is 0 Å². The van der Waals surface area contributed by atoms with Crippen LogP contribution >= 0.6 is 27.3 Å². The van der Waals surface area contributed by atoms with Crippen molar-refractivity contribution in [3.8, 4) is 5.75 Å². The van der Waals surface area contributed by atoms with Crippen LogP contribution in [-0.2, 0) is 0 Å². The van der Waals surface area contributed by atoms with Gasteiger partial charge in [-0.1, -0.05) is 28.1 Å². The van der Waals surface area contributed by atoms with E-state index in [0.29, 0.717) is 0 Å². The van der Waals surface area contributed by atoms with E-state index in [1.54, 1.807) is 7.11 Å². The number of rotatable bonds is 3. The predicted octanol–water partition coefficient (Wildman–Crippen LogP) is 3.60. The van der Waals surface area contributed by atoms with Crippen LogP contribution in [0.4, 0.5) is 0 Å². The number of aliphatic hydroxyl groups is 1. The lowest BCUT2D eigenvalue weighted by molar-refractivity contribution is 0.219. The van der Waals surface area contributed by atoms with Gasteiger partial charge in [0.05, 0.1) is 12.0 Å². The summed E-state index contributed by atoms with van der Waals surface area (Å²) in [6, 6.07) is 9.49. The molecule has 0 amide bonds. The number of halogens is 1. The van der Waals surface area contributed by atoms with Crippen LogP contribution < -0.4 is 4.74 Å². The van der Waals surface area contributed by atoms with Crippen LogP contribution in [0.3, 0.4) is 0 Å². The molecule has 1 aromatic heterocycles. The van der Waals surface area contributed by atoms with E-state index in [1.807, 2.05) is 35.7 Å². The zero-order valence-corrected chi connectivity index (χ0v) is 11.1. The normalized spacial score (nSPS) is 12.4. The number of aliphatic hydroxyl groups excluding tert-OH is 1. The average molecular weight is 299 g/mol. The molecule has 1 N–H and O–H groups in total. The average Bonchev–Trinajstić information content (AvgIpc) is 2.77. The Bertz CT molecular complexity index is 464. The van der Waals surface area contributed by atoms with E-state index in [0.717, 1.165) is 20.7 Å². The quantitative estimate of drug-likeness (QED) is 0.938. The lowest BCUT2D eigenvalue weighted by atomic mass is 10.1. The Balaban J connectivity index is 2.31. The first-order valence-electron chi connectivity index (χ1n) is 4.77. The van der Waals surface area contributed by atoms with Gasteiger partial charge < -0.3 is 9.84 Å². The third-order valence-corrected chi connectivity index (χ3v) is 3.79. The molecule has 0 spiro atoms. The largest absolute Gasteiger partial charge is 0.495 e. The van der Waals surface area contributed by atoms with Crippen molar-refractivity contribution in [2.24, 2.45) is 0 Å². The maximum absolute atomic E-state index is 10.2. The van der Waals surface area contributed by atoms with Gasteiger partial charge in [0.2, 0.25) is 0 Å². The Morgan fingerprint density at radius 3 is 2.56 bits per heavy atom. The number of ether oxygens (including phenoxy) is 1. The molecule has 2 aromatic rings. The Morgan fingerprint density at radius 2 is 1.94 bits per heavy atom. The molecule has 2 rings (SSSR count). The number of benzene rings is 1. The Labute approximate surface area is 107 Å². The van der Waals surface area contributed by atoms with Gasteiger partial charge in [0.25, 0.3) is 0 Å². The van der Waals surface area contributed by atoms with E-state index < -0.39 is 6.10 Å². The van der Waals surface area contributed by atoms with Crippen LogP contribution in [0.2, 0.25) is 0 Å². The second-order valence-electron chi connectivity index (χ2n) is 3.31. The topological polar surface area (TPSA) is 29.5 Å². The van der Waals surface area contributed by atoms with Crippen molar-refractivity contribution >= 4 is 27.3 Å². The van der Waals surface area contributed by atoms with Gasteiger partial charge in [-0.3, -0.25) is 0 Å². The fourth-order valence-corrected chi connectivity index (χ4v) is 2.61. The summed E-state index contributed by atoms with van der Waals surface area (Å²) >= 11 is 4.86. The zero-order chi connectivity index (χ0) is 11.5. The molecule has 0 saturated heterocycles. The number of thiophene rings is 1. The highest BCUT2D eigenvalue weighted by molar-refractivity contribution is 9.10. The van der Waals surface area contributed by atoms with Crippen LogP contribution in [0.1, 0.15) is 16.5 Å². The molecule has 1 heterocycles. The van der Waals surface area contributed by atoms with Gasteiger partial charge in [-0.25, -0.2) is 0 Å². The van der Waals surface area contributed by atoms with Crippen molar-refractivity contribution < 1.29 is 9.84 Å². The fraction of sp³-hybridized carbons (Fsp3) is 0.167. The molecular weight excluding hydrogens is 288 g/mol. The summed E-state index contributed by atoms with van der Waals surface area (Å²) in [5.74, 6) is 0.736. The molecule has 2 nitrogen and oxygen atoms in total. The fourth-order valence-electron chi connectivity index (χ4n) is 1.47. The summed E-state index contributed by atoms with van der Waals surface area (Å²) in [7, 11) is 1.61. The van der Waals surface area contributed by atoms with Crippen molar-refractivity contribution in [2.75, 3.05) is 7.11 Å². The Kier molecular flexibility index (Phi) is 3.63. The number of hydrogen-bond acceptors (Lipinski definition) is 3. The zero-order valence-electron chi connectivity index (χ0n) is 8.68. The maximum Gasteiger partial charge on any atom is 0.135 e. The molecule has 0 aliphatic rings. The standard InChI is InChI=1S/C12H11BrO2S/c1-15-10-6-7-16-12(10)11(14)8-2-4-9(13)5-3-8/h2-7,11,14H,1H3. The van der Waals surface area contributed by atoms with E-state index in [2.05, 4.69) is 15.9 Å². The Hall–Kier alpha value is -0.840. The van der Waals surface area contributed by atoms with Gasteiger partial charge in [0.15, 0.2) is 0 Å². The van der Waals surface area contributed by atoms with Gasteiger partial charge in [-0.15, -0.1) is 11.3 Å². The van der Waals surface area contributed by atoms with Crippen LogP contribution in [0.15, 0.2) is 40.2 Å². The molecule has 16 heavy (non-hydrogen) atoms. The van der Waals surface area contributed by atoms with E-state index in [9.17, 15) is 5.11 Å². The second kappa shape index (κ2) is 4.99. The van der Waals surface area contributed by atoms with Crippen LogP contribution in [-0.4, -0.2) is 12.2 Å². The van der Waals surface area contributed by atoms with E-state index in [1.165, 1.54) is 11.3 Å². The van der Waals surface area contributed by atoms with Crippen LogP contribution in [0, 0.1) is 0 Å². The van der Waals surface area contributed by atoms with E-state index in [-0.39, 0.29) is 0 Å². The van der Waals surface area contributed by atoms with Gasteiger partial charge in [0, 0.05) is 4.47 Å². The first kappa shape index (κ1) is 11.6. The minimum absolute atomic E-state index is 0.622. The minimum Gasteiger partial charge on any atom is -0.495 e. The molecule has 84 valence electrons. The molecular formula is C12H11BrO2S. The van der Waals surface area contributed by atoms with Crippen molar-refractivity contribution in [2.45, 2.75) is 6.10 Å². The predicted molar refractivity (Wildman–Crippen MR) is 69.1 cm³/mol. The van der Waals surface area contributed by atoms with Gasteiger partial charge in [-0.2, -0.15) is 0 Å². The van der Waals surface area contributed by atoms with E-state index >= 15 is 0 Å². The molecule has 1 aromatic carbocycles. The van der Waals surface area contributed by atoms with Gasteiger partial charge in [0.1, 0.15) is 11.9 Å². The summed E-state index contributed by atoms with van der Waals surface area (Å²) in [5.41, 5.74) is 0.865. The Morgan fingerprint density at radius 1 is 1.25 bits per heavy atom. The third kappa shape index (κ3) is 2.29. The molecule has 1 unspecified atom stereocenters. The van der Waals surface area contributed by atoms with Crippen molar-refractivity contribution in [1.29, 1.82) is 0 Å². The second-order valence-corrected chi connectivity index (χ2v) is 5.17. The monoisotopic (exact) mass is 298 g/mol. The van der Waals surface area contributed by atoms with Crippen molar-refractivity contribution in [3.63, 3.8) is 0 Å². The summed E-state index contributed by atoms with van der Waals surface area (Å²) in [4.78, 5) is 0.838. The van der Waals surface area contributed by atoms with E-state index in [4.69, 9.17) is 4.74 Å². The first-order valence-corrected chi connectivity index (χ1v) is 6.44. The lowest BCUT2D eigenvalue weighted by Gasteiger charge is -2.11. The highest BCUT2D eigenvalue weighted by Crippen LogP contribution is 2.34. The smallest absolute Gasteiger partial charge is 0.135 e. The van der Waals surface area contributed by atoms with Gasteiger partial charge >= 0.3 is 0 Å².